The van der Waals surface area contributed by atoms with Gasteiger partial charge in [0.2, 0.25) is 0 Å². The number of methoxy groups -OCH3 is 1. The Balaban J connectivity index is 1.27. The third-order valence-corrected chi connectivity index (χ3v) is 7.60. The SMILES string of the molecule is C=CC1CCC(CCC2CCC(c3ccc4cc(OC)ccc4c3)CC2)CC1. The lowest BCUT2D eigenvalue weighted by Gasteiger charge is -2.31. The Morgan fingerprint density at radius 2 is 1.43 bits per heavy atom. The molecule has 2 aromatic rings. The number of hydrogen-bond acceptors (Lipinski definition) is 1. The van der Waals surface area contributed by atoms with Gasteiger partial charge in [-0.25, -0.2) is 0 Å². The van der Waals surface area contributed by atoms with Gasteiger partial charge in [0.05, 0.1) is 7.11 Å². The van der Waals surface area contributed by atoms with Crippen LogP contribution in [0.3, 0.4) is 0 Å². The van der Waals surface area contributed by atoms with Crippen molar-refractivity contribution in [1.82, 2.24) is 0 Å². The van der Waals surface area contributed by atoms with E-state index in [9.17, 15) is 0 Å². The van der Waals surface area contributed by atoms with Crippen molar-refractivity contribution in [2.24, 2.45) is 17.8 Å². The third kappa shape index (κ3) is 4.62. The van der Waals surface area contributed by atoms with Gasteiger partial charge >= 0.3 is 0 Å². The van der Waals surface area contributed by atoms with Gasteiger partial charge in [0.25, 0.3) is 0 Å². The van der Waals surface area contributed by atoms with Crippen molar-refractivity contribution in [1.29, 1.82) is 0 Å². The zero-order valence-electron chi connectivity index (χ0n) is 17.5. The van der Waals surface area contributed by atoms with E-state index in [1.54, 1.807) is 12.7 Å². The van der Waals surface area contributed by atoms with Crippen LogP contribution < -0.4 is 4.74 Å². The lowest BCUT2D eigenvalue weighted by molar-refractivity contribution is 0.246. The summed E-state index contributed by atoms with van der Waals surface area (Å²) in [7, 11) is 1.74. The summed E-state index contributed by atoms with van der Waals surface area (Å²) < 4.78 is 5.35. The largest absolute Gasteiger partial charge is 0.497 e. The normalized spacial score (nSPS) is 28.2. The molecule has 2 saturated carbocycles. The molecular formula is C27H36O. The van der Waals surface area contributed by atoms with Crippen LogP contribution in [0.1, 0.15) is 75.7 Å². The zero-order chi connectivity index (χ0) is 19.3. The number of fused-ring (bicyclic) bond motifs is 1. The van der Waals surface area contributed by atoms with Crippen LogP contribution in [0, 0.1) is 17.8 Å². The summed E-state index contributed by atoms with van der Waals surface area (Å²) in [5.41, 5.74) is 1.54. The van der Waals surface area contributed by atoms with Crippen molar-refractivity contribution in [2.45, 2.75) is 70.1 Å². The van der Waals surface area contributed by atoms with Gasteiger partial charge in [0.1, 0.15) is 5.75 Å². The average molecular weight is 377 g/mol. The molecule has 1 nitrogen and oxygen atoms in total. The molecule has 0 heterocycles. The van der Waals surface area contributed by atoms with Gasteiger partial charge in [-0.2, -0.15) is 0 Å². The highest BCUT2D eigenvalue weighted by molar-refractivity contribution is 5.84. The number of allylic oxidation sites excluding steroid dienone is 1. The first-order valence-corrected chi connectivity index (χ1v) is 11.5. The molecule has 2 aliphatic rings. The van der Waals surface area contributed by atoms with E-state index < -0.39 is 0 Å². The maximum Gasteiger partial charge on any atom is 0.119 e. The highest BCUT2D eigenvalue weighted by Gasteiger charge is 2.25. The molecule has 0 amide bonds. The predicted octanol–water partition coefficient (Wildman–Crippen LogP) is 7.89. The van der Waals surface area contributed by atoms with Gasteiger partial charge < -0.3 is 4.74 Å². The van der Waals surface area contributed by atoms with Crippen molar-refractivity contribution in [3.63, 3.8) is 0 Å². The van der Waals surface area contributed by atoms with Gasteiger partial charge in [-0.1, -0.05) is 43.2 Å². The molecule has 0 aliphatic heterocycles. The van der Waals surface area contributed by atoms with Gasteiger partial charge in [0.15, 0.2) is 0 Å². The average Bonchev–Trinajstić information content (AvgIpc) is 2.77. The van der Waals surface area contributed by atoms with E-state index in [0.717, 1.165) is 29.4 Å². The van der Waals surface area contributed by atoms with Crippen LogP contribution in [-0.2, 0) is 0 Å². The zero-order valence-corrected chi connectivity index (χ0v) is 17.5. The number of rotatable bonds is 6. The minimum absolute atomic E-state index is 0.755. The van der Waals surface area contributed by atoms with Crippen LogP contribution in [0.25, 0.3) is 10.8 Å². The number of ether oxygens (including phenoxy) is 1. The smallest absolute Gasteiger partial charge is 0.119 e. The molecule has 1 heteroatoms. The number of benzene rings is 2. The molecule has 0 radical (unpaired) electrons. The first kappa shape index (κ1) is 19.6. The fraction of sp³-hybridized carbons (Fsp3) is 0.556. The Morgan fingerprint density at radius 3 is 2.07 bits per heavy atom. The number of hydrogen-bond donors (Lipinski definition) is 0. The Labute approximate surface area is 171 Å². The molecule has 0 unspecified atom stereocenters. The summed E-state index contributed by atoms with van der Waals surface area (Å²) in [6.45, 7) is 3.98. The maximum absolute atomic E-state index is 5.35. The van der Waals surface area contributed by atoms with Crippen molar-refractivity contribution >= 4 is 10.8 Å². The van der Waals surface area contributed by atoms with Crippen molar-refractivity contribution in [2.75, 3.05) is 7.11 Å². The van der Waals surface area contributed by atoms with E-state index in [1.807, 2.05) is 0 Å². The van der Waals surface area contributed by atoms with Gasteiger partial charge in [-0.3, -0.25) is 0 Å². The van der Waals surface area contributed by atoms with Crippen molar-refractivity contribution in [3.05, 3.63) is 54.6 Å². The summed E-state index contributed by atoms with van der Waals surface area (Å²) in [4.78, 5) is 0. The van der Waals surface area contributed by atoms with Crippen molar-refractivity contribution in [3.8, 4) is 5.75 Å². The maximum atomic E-state index is 5.35. The second kappa shape index (κ2) is 9.16. The van der Waals surface area contributed by atoms with Crippen molar-refractivity contribution < 1.29 is 4.74 Å². The molecule has 150 valence electrons. The molecule has 2 fully saturated rings. The summed E-state index contributed by atoms with van der Waals surface area (Å²) in [5.74, 6) is 4.46. The summed E-state index contributed by atoms with van der Waals surface area (Å²) >= 11 is 0. The Morgan fingerprint density at radius 1 is 0.821 bits per heavy atom. The van der Waals surface area contributed by atoms with E-state index in [1.165, 1.54) is 75.0 Å². The van der Waals surface area contributed by atoms with E-state index in [4.69, 9.17) is 4.74 Å². The molecule has 0 N–H and O–H groups in total. The first-order chi connectivity index (χ1) is 13.7. The minimum atomic E-state index is 0.755. The summed E-state index contributed by atoms with van der Waals surface area (Å²) in [5, 5.41) is 2.62. The topological polar surface area (TPSA) is 9.23 Å². The van der Waals surface area contributed by atoms with Crippen LogP contribution in [-0.4, -0.2) is 7.11 Å². The molecule has 28 heavy (non-hydrogen) atoms. The van der Waals surface area contributed by atoms with Crippen LogP contribution in [0.5, 0.6) is 5.75 Å². The molecule has 0 spiro atoms. The summed E-state index contributed by atoms with van der Waals surface area (Å²) in [6, 6.07) is 13.5. The Bertz CT molecular complexity index is 776. The predicted molar refractivity (Wildman–Crippen MR) is 120 cm³/mol. The van der Waals surface area contributed by atoms with Gasteiger partial charge in [0, 0.05) is 0 Å². The van der Waals surface area contributed by atoms with Crippen LogP contribution >= 0.6 is 0 Å². The van der Waals surface area contributed by atoms with Crippen LogP contribution in [0.4, 0.5) is 0 Å². The first-order valence-electron chi connectivity index (χ1n) is 11.5. The lowest BCUT2D eigenvalue weighted by Crippen LogP contribution is -2.17. The second-order valence-corrected chi connectivity index (χ2v) is 9.28. The highest BCUT2D eigenvalue weighted by Crippen LogP contribution is 2.40. The van der Waals surface area contributed by atoms with Gasteiger partial charge in [-0.15, -0.1) is 6.58 Å². The highest BCUT2D eigenvalue weighted by atomic mass is 16.5. The molecule has 2 aromatic carbocycles. The fourth-order valence-corrected chi connectivity index (χ4v) is 5.59. The summed E-state index contributed by atoms with van der Waals surface area (Å²) in [6.07, 6.45) is 16.3. The Hall–Kier alpha value is -1.76. The minimum Gasteiger partial charge on any atom is -0.497 e. The standard InChI is InChI=1S/C27H36O/c1-3-20-4-6-21(7-5-20)8-9-22-10-12-23(13-11-22)24-14-15-26-19-27(28-2)17-16-25(26)18-24/h3,14-23H,1,4-13H2,2H3. The molecule has 0 bridgehead atoms. The van der Waals surface area contributed by atoms with Gasteiger partial charge in [-0.05, 0) is 104 Å². The quantitative estimate of drug-likeness (QED) is 0.466. The third-order valence-electron chi connectivity index (χ3n) is 7.60. The molecule has 2 aliphatic carbocycles. The lowest BCUT2D eigenvalue weighted by atomic mass is 9.74. The fourth-order valence-electron chi connectivity index (χ4n) is 5.59. The van der Waals surface area contributed by atoms with Crippen LogP contribution in [0.15, 0.2) is 49.1 Å². The van der Waals surface area contributed by atoms with E-state index in [2.05, 4.69) is 49.1 Å². The van der Waals surface area contributed by atoms with E-state index in [-0.39, 0.29) is 0 Å². The molecule has 0 saturated heterocycles. The van der Waals surface area contributed by atoms with E-state index >= 15 is 0 Å². The second-order valence-electron chi connectivity index (χ2n) is 9.28. The van der Waals surface area contributed by atoms with E-state index in [0.29, 0.717) is 0 Å². The molecular weight excluding hydrogens is 340 g/mol. The molecule has 4 rings (SSSR count). The van der Waals surface area contributed by atoms with Crippen LogP contribution in [0.2, 0.25) is 0 Å². The monoisotopic (exact) mass is 376 g/mol. The Kier molecular flexibility index (Phi) is 6.40. The molecule has 0 aromatic heterocycles. The molecule has 0 atom stereocenters.